The van der Waals surface area contributed by atoms with E-state index in [1.54, 1.807) is 13.3 Å². The van der Waals surface area contributed by atoms with Crippen molar-refractivity contribution < 1.29 is 4.74 Å². The topological polar surface area (TPSA) is 59.9 Å². The third-order valence-corrected chi connectivity index (χ3v) is 3.43. The molecule has 21 heavy (non-hydrogen) atoms. The molecule has 0 aliphatic rings. The van der Waals surface area contributed by atoms with E-state index in [2.05, 4.69) is 20.3 Å². The molecule has 0 unspecified atom stereocenters. The Hall–Kier alpha value is -1.85. The van der Waals surface area contributed by atoms with E-state index in [9.17, 15) is 0 Å². The van der Waals surface area contributed by atoms with Crippen LogP contribution >= 0.6 is 0 Å². The Kier molecular flexibility index (Phi) is 5.36. The van der Waals surface area contributed by atoms with Gasteiger partial charge in [0.15, 0.2) is 5.82 Å². The van der Waals surface area contributed by atoms with Crippen LogP contribution in [0.4, 0.5) is 0 Å². The first-order valence-corrected chi connectivity index (χ1v) is 7.09. The smallest absolute Gasteiger partial charge is 0.178 e. The van der Waals surface area contributed by atoms with Gasteiger partial charge in [-0.3, -0.25) is 4.98 Å². The predicted octanol–water partition coefficient (Wildman–Crippen LogP) is 2.20. The fraction of sp³-hybridized carbons (Fsp3) is 0.438. The molecule has 0 aliphatic carbocycles. The summed E-state index contributed by atoms with van der Waals surface area (Å²) in [6, 6.07) is 3.95. The van der Waals surface area contributed by atoms with E-state index >= 15 is 0 Å². The molecule has 0 fully saturated rings. The fourth-order valence-electron chi connectivity index (χ4n) is 2.21. The summed E-state index contributed by atoms with van der Waals surface area (Å²) in [5, 5.41) is 3.33. The Balaban J connectivity index is 2.23. The Labute approximate surface area is 125 Å². The second-order valence-electron chi connectivity index (χ2n) is 5.04. The number of rotatable bonds is 6. The Morgan fingerprint density at radius 1 is 1.14 bits per heavy atom. The number of hydrogen-bond acceptors (Lipinski definition) is 5. The fourth-order valence-corrected chi connectivity index (χ4v) is 2.21. The van der Waals surface area contributed by atoms with Gasteiger partial charge in [0.05, 0.1) is 6.61 Å². The van der Waals surface area contributed by atoms with Gasteiger partial charge in [-0.2, -0.15) is 0 Å². The highest BCUT2D eigenvalue weighted by Gasteiger charge is 2.12. The van der Waals surface area contributed by atoms with E-state index < -0.39 is 0 Å². The van der Waals surface area contributed by atoms with Crippen LogP contribution in [0.5, 0.6) is 0 Å². The van der Waals surface area contributed by atoms with Gasteiger partial charge in [-0.25, -0.2) is 9.97 Å². The average Bonchev–Trinajstić information content (AvgIpc) is 2.46. The van der Waals surface area contributed by atoms with E-state index in [4.69, 9.17) is 4.74 Å². The molecule has 2 heterocycles. The van der Waals surface area contributed by atoms with Crippen LogP contribution in [0.15, 0.2) is 18.3 Å². The largest absolute Gasteiger partial charge is 0.383 e. The number of pyridine rings is 1. The van der Waals surface area contributed by atoms with Crippen molar-refractivity contribution in [3.05, 3.63) is 40.8 Å². The summed E-state index contributed by atoms with van der Waals surface area (Å²) in [6.45, 7) is 8.33. The van der Waals surface area contributed by atoms with Gasteiger partial charge in [-0.05, 0) is 32.4 Å². The van der Waals surface area contributed by atoms with E-state index in [1.807, 2.05) is 32.9 Å². The Bertz CT molecular complexity index is 590. The molecule has 0 saturated heterocycles. The molecular weight excluding hydrogens is 264 g/mol. The highest BCUT2D eigenvalue weighted by atomic mass is 16.5. The van der Waals surface area contributed by atoms with Crippen LogP contribution in [0.2, 0.25) is 0 Å². The van der Waals surface area contributed by atoms with Crippen LogP contribution in [0.1, 0.15) is 22.5 Å². The van der Waals surface area contributed by atoms with Crippen molar-refractivity contribution in [3.8, 4) is 11.5 Å². The van der Waals surface area contributed by atoms with Gasteiger partial charge in [0, 0.05) is 43.3 Å². The molecule has 0 bridgehead atoms. The number of ether oxygens (including phenoxy) is 1. The maximum atomic E-state index is 5.03. The SMILES string of the molecule is COCCNCc1c(C)nc(-c2ncccc2C)nc1C. The molecule has 0 aliphatic heterocycles. The quantitative estimate of drug-likeness (QED) is 0.825. The van der Waals surface area contributed by atoms with Gasteiger partial charge in [0.2, 0.25) is 0 Å². The van der Waals surface area contributed by atoms with Crippen molar-refractivity contribution in [1.82, 2.24) is 20.3 Å². The maximum absolute atomic E-state index is 5.03. The number of nitrogens with one attached hydrogen (secondary N) is 1. The molecule has 2 aromatic rings. The summed E-state index contributed by atoms with van der Waals surface area (Å²) in [7, 11) is 1.70. The molecule has 5 nitrogen and oxygen atoms in total. The molecule has 1 N–H and O–H groups in total. The molecule has 0 amide bonds. The molecule has 5 heteroatoms. The molecule has 0 atom stereocenters. The number of hydrogen-bond donors (Lipinski definition) is 1. The summed E-state index contributed by atoms with van der Waals surface area (Å²) >= 11 is 0. The van der Waals surface area contributed by atoms with Gasteiger partial charge in [-0.1, -0.05) is 6.07 Å². The second-order valence-corrected chi connectivity index (χ2v) is 5.04. The number of methoxy groups -OCH3 is 1. The predicted molar refractivity (Wildman–Crippen MR) is 83.1 cm³/mol. The highest BCUT2D eigenvalue weighted by Crippen LogP contribution is 2.19. The van der Waals surface area contributed by atoms with E-state index in [0.717, 1.165) is 41.3 Å². The van der Waals surface area contributed by atoms with Crippen molar-refractivity contribution in [2.75, 3.05) is 20.3 Å². The summed E-state index contributed by atoms with van der Waals surface area (Å²) in [5.74, 6) is 0.698. The lowest BCUT2D eigenvalue weighted by molar-refractivity contribution is 0.199. The molecule has 2 aromatic heterocycles. The van der Waals surface area contributed by atoms with Crippen molar-refractivity contribution in [1.29, 1.82) is 0 Å². The maximum Gasteiger partial charge on any atom is 0.178 e. The van der Waals surface area contributed by atoms with Crippen LogP contribution in [-0.4, -0.2) is 35.2 Å². The first-order valence-electron chi connectivity index (χ1n) is 7.09. The summed E-state index contributed by atoms with van der Waals surface area (Å²) in [5.41, 5.74) is 5.06. The van der Waals surface area contributed by atoms with Crippen LogP contribution in [0, 0.1) is 20.8 Å². The van der Waals surface area contributed by atoms with Crippen LogP contribution in [0.3, 0.4) is 0 Å². The minimum atomic E-state index is 0.698. The molecule has 0 saturated carbocycles. The monoisotopic (exact) mass is 286 g/mol. The van der Waals surface area contributed by atoms with Crippen LogP contribution in [0.25, 0.3) is 11.5 Å². The second kappa shape index (κ2) is 7.24. The lowest BCUT2D eigenvalue weighted by Gasteiger charge is -2.12. The lowest BCUT2D eigenvalue weighted by atomic mass is 10.1. The molecular formula is C16H22N4O. The Morgan fingerprint density at radius 2 is 1.86 bits per heavy atom. The summed E-state index contributed by atoms with van der Waals surface area (Å²) < 4.78 is 5.03. The van der Waals surface area contributed by atoms with E-state index in [1.165, 1.54) is 0 Å². The zero-order valence-electron chi connectivity index (χ0n) is 13.1. The molecule has 0 spiro atoms. The molecule has 2 rings (SSSR count). The van der Waals surface area contributed by atoms with Gasteiger partial charge in [0.25, 0.3) is 0 Å². The first kappa shape index (κ1) is 15.5. The molecule has 0 radical (unpaired) electrons. The minimum Gasteiger partial charge on any atom is -0.383 e. The van der Waals surface area contributed by atoms with Gasteiger partial charge >= 0.3 is 0 Å². The molecule has 112 valence electrons. The Morgan fingerprint density at radius 3 is 2.48 bits per heavy atom. The number of aromatic nitrogens is 3. The average molecular weight is 286 g/mol. The van der Waals surface area contributed by atoms with Crippen molar-refractivity contribution in [3.63, 3.8) is 0 Å². The van der Waals surface area contributed by atoms with E-state index in [0.29, 0.717) is 12.4 Å². The number of nitrogens with zero attached hydrogens (tertiary/aromatic N) is 3. The summed E-state index contributed by atoms with van der Waals surface area (Å²) in [6.07, 6.45) is 1.77. The third kappa shape index (κ3) is 3.83. The first-order chi connectivity index (χ1) is 10.1. The van der Waals surface area contributed by atoms with Crippen molar-refractivity contribution in [2.24, 2.45) is 0 Å². The standard InChI is InChI=1S/C16H22N4O/c1-11-6-5-7-18-15(11)16-19-12(2)14(13(3)20-16)10-17-8-9-21-4/h5-7,17H,8-10H2,1-4H3. The van der Waals surface area contributed by atoms with E-state index in [-0.39, 0.29) is 0 Å². The summed E-state index contributed by atoms with van der Waals surface area (Å²) in [4.78, 5) is 13.6. The third-order valence-electron chi connectivity index (χ3n) is 3.43. The van der Waals surface area contributed by atoms with Crippen molar-refractivity contribution >= 4 is 0 Å². The van der Waals surface area contributed by atoms with Crippen LogP contribution < -0.4 is 5.32 Å². The number of aryl methyl sites for hydroxylation is 3. The normalized spacial score (nSPS) is 10.9. The molecule has 0 aromatic carbocycles. The highest BCUT2D eigenvalue weighted by molar-refractivity contribution is 5.55. The van der Waals surface area contributed by atoms with Crippen LogP contribution in [-0.2, 0) is 11.3 Å². The van der Waals surface area contributed by atoms with Gasteiger partial charge < -0.3 is 10.1 Å². The lowest BCUT2D eigenvalue weighted by Crippen LogP contribution is -2.20. The van der Waals surface area contributed by atoms with Gasteiger partial charge in [0.1, 0.15) is 5.69 Å². The van der Waals surface area contributed by atoms with Crippen molar-refractivity contribution in [2.45, 2.75) is 27.3 Å². The zero-order valence-corrected chi connectivity index (χ0v) is 13.1. The minimum absolute atomic E-state index is 0.698. The zero-order chi connectivity index (χ0) is 15.2. The van der Waals surface area contributed by atoms with Gasteiger partial charge in [-0.15, -0.1) is 0 Å².